The number of carbonyl (C=O) groups is 1. The monoisotopic (exact) mass is 303 g/mol. The molecule has 1 N–H and O–H groups in total. The van der Waals surface area contributed by atoms with Crippen molar-refractivity contribution in [3.63, 3.8) is 0 Å². The smallest absolute Gasteiger partial charge is 0.265 e. The van der Waals surface area contributed by atoms with E-state index in [0.29, 0.717) is 10.8 Å². The molecule has 4 heteroatoms. The highest BCUT2D eigenvalue weighted by Gasteiger charge is 2.16. The van der Waals surface area contributed by atoms with Crippen LogP contribution in [0, 0.1) is 0 Å². The molecule has 1 atom stereocenters. The summed E-state index contributed by atoms with van der Waals surface area (Å²) in [6.07, 6.45) is 0.258. The van der Waals surface area contributed by atoms with Gasteiger partial charge >= 0.3 is 0 Å². The molecule has 0 fully saturated rings. The first-order valence-corrected chi connectivity index (χ1v) is 7.29. The minimum Gasteiger partial charge on any atom is -0.481 e. The molecule has 1 amide bonds. The number of hydrogen-bond donors (Lipinski definition) is 1. The Morgan fingerprint density at radius 3 is 2.71 bits per heavy atom. The number of rotatable bonds is 5. The highest BCUT2D eigenvalue weighted by molar-refractivity contribution is 6.30. The first-order valence-electron chi connectivity index (χ1n) is 6.91. The van der Waals surface area contributed by atoms with Gasteiger partial charge in [-0.25, -0.2) is 0 Å². The van der Waals surface area contributed by atoms with Crippen molar-refractivity contribution >= 4 is 23.2 Å². The van der Waals surface area contributed by atoms with Crippen LogP contribution >= 0.6 is 11.6 Å². The van der Waals surface area contributed by atoms with E-state index < -0.39 is 6.10 Å². The van der Waals surface area contributed by atoms with Gasteiger partial charge in [-0.05, 0) is 43.2 Å². The van der Waals surface area contributed by atoms with E-state index in [1.807, 2.05) is 24.3 Å². The van der Waals surface area contributed by atoms with Crippen molar-refractivity contribution in [3.05, 3.63) is 59.1 Å². The van der Waals surface area contributed by atoms with E-state index in [1.165, 1.54) is 0 Å². The molecule has 0 radical (unpaired) electrons. The molecule has 0 aliphatic heterocycles. The fraction of sp³-hybridized carbons (Fsp3) is 0.235. The van der Waals surface area contributed by atoms with Crippen LogP contribution in [-0.4, -0.2) is 12.0 Å². The summed E-state index contributed by atoms with van der Waals surface area (Å²) in [6.45, 7) is 3.77. The van der Waals surface area contributed by atoms with Crippen molar-refractivity contribution in [1.29, 1.82) is 0 Å². The SMILES string of the molecule is CCc1ccccc1NC(=O)[C@H](C)Oc1cccc(Cl)c1. The Hall–Kier alpha value is -2.00. The first-order chi connectivity index (χ1) is 10.1. The zero-order valence-electron chi connectivity index (χ0n) is 12.1. The molecule has 0 spiro atoms. The Kier molecular flexibility index (Phi) is 5.23. The third-order valence-corrected chi connectivity index (χ3v) is 3.37. The molecule has 0 aliphatic carbocycles. The van der Waals surface area contributed by atoms with E-state index in [1.54, 1.807) is 31.2 Å². The number of aryl methyl sites for hydroxylation is 1. The summed E-state index contributed by atoms with van der Waals surface area (Å²) in [5, 5.41) is 3.48. The first kappa shape index (κ1) is 15.4. The average molecular weight is 304 g/mol. The van der Waals surface area contributed by atoms with Crippen molar-refractivity contribution < 1.29 is 9.53 Å². The van der Waals surface area contributed by atoms with E-state index in [9.17, 15) is 4.79 Å². The van der Waals surface area contributed by atoms with Crippen molar-refractivity contribution in [2.45, 2.75) is 26.4 Å². The zero-order valence-corrected chi connectivity index (χ0v) is 12.9. The van der Waals surface area contributed by atoms with E-state index in [2.05, 4.69) is 12.2 Å². The summed E-state index contributed by atoms with van der Waals surface area (Å²) >= 11 is 5.90. The number of hydrogen-bond acceptors (Lipinski definition) is 2. The third kappa shape index (κ3) is 4.23. The predicted octanol–water partition coefficient (Wildman–Crippen LogP) is 4.31. The molecule has 0 saturated carbocycles. The standard InChI is InChI=1S/C17H18ClNO2/c1-3-13-7-4-5-10-16(13)19-17(20)12(2)21-15-9-6-8-14(18)11-15/h4-12H,3H2,1-2H3,(H,19,20)/t12-/m0/s1. The van der Waals surface area contributed by atoms with E-state index in [4.69, 9.17) is 16.3 Å². The second kappa shape index (κ2) is 7.14. The summed E-state index contributed by atoms with van der Waals surface area (Å²) in [6, 6.07) is 14.8. The molecule has 2 rings (SSSR count). The van der Waals surface area contributed by atoms with Crippen LogP contribution in [0.1, 0.15) is 19.4 Å². The number of ether oxygens (including phenoxy) is 1. The fourth-order valence-electron chi connectivity index (χ4n) is 1.98. The lowest BCUT2D eigenvalue weighted by Gasteiger charge is -2.16. The van der Waals surface area contributed by atoms with Crippen LogP contribution in [0.2, 0.25) is 5.02 Å². The molecule has 3 nitrogen and oxygen atoms in total. The summed E-state index contributed by atoms with van der Waals surface area (Å²) in [4.78, 5) is 12.2. The van der Waals surface area contributed by atoms with Crippen LogP contribution in [-0.2, 0) is 11.2 Å². The number of para-hydroxylation sites is 1. The van der Waals surface area contributed by atoms with Gasteiger partial charge in [0.25, 0.3) is 5.91 Å². The second-order valence-corrected chi connectivity index (χ2v) is 5.15. The maximum absolute atomic E-state index is 12.2. The normalized spacial score (nSPS) is 11.8. The van der Waals surface area contributed by atoms with Gasteiger partial charge in [-0.2, -0.15) is 0 Å². The molecule has 21 heavy (non-hydrogen) atoms. The van der Waals surface area contributed by atoms with Crippen LogP contribution in [0.25, 0.3) is 0 Å². The number of amides is 1. The Balaban J connectivity index is 2.02. The minimum absolute atomic E-state index is 0.184. The zero-order chi connectivity index (χ0) is 15.2. The second-order valence-electron chi connectivity index (χ2n) is 4.72. The molecule has 2 aromatic carbocycles. The molecule has 0 heterocycles. The fourth-order valence-corrected chi connectivity index (χ4v) is 2.16. The van der Waals surface area contributed by atoms with Crippen LogP contribution in [0.15, 0.2) is 48.5 Å². The quantitative estimate of drug-likeness (QED) is 0.894. The van der Waals surface area contributed by atoms with E-state index >= 15 is 0 Å². The third-order valence-electron chi connectivity index (χ3n) is 3.13. The summed E-state index contributed by atoms with van der Waals surface area (Å²) < 4.78 is 5.61. The lowest BCUT2D eigenvalue weighted by Crippen LogP contribution is -2.30. The highest BCUT2D eigenvalue weighted by Crippen LogP contribution is 2.20. The molecule has 110 valence electrons. The number of carbonyl (C=O) groups excluding carboxylic acids is 1. The van der Waals surface area contributed by atoms with Crippen molar-refractivity contribution in [2.75, 3.05) is 5.32 Å². The topological polar surface area (TPSA) is 38.3 Å². The summed E-state index contributed by atoms with van der Waals surface area (Å²) in [5.74, 6) is 0.393. The molecular formula is C17H18ClNO2. The van der Waals surface area contributed by atoms with Gasteiger partial charge in [0.2, 0.25) is 0 Å². The van der Waals surface area contributed by atoms with Crippen molar-refractivity contribution in [1.82, 2.24) is 0 Å². The predicted molar refractivity (Wildman–Crippen MR) is 86.0 cm³/mol. The number of benzene rings is 2. The molecule has 0 aliphatic rings. The van der Waals surface area contributed by atoms with E-state index in [-0.39, 0.29) is 5.91 Å². The largest absolute Gasteiger partial charge is 0.481 e. The Labute approximate surface area is 129 Å². The number of anilines is 1. The molecular weight excluding hydrogens is 286 g/mol. The van der Waals surface area contributed by atoms with E-state index in [0.717, 1.165) is 17.7 Å². The summed E-state index contributed by atoms with van der Waals surface area (Å²) in [7, 11) is 0. The Bertz CT molecular complexity index is 628. The summed E-state index contributed by atoms with van der Waals surface area (Å²) in [5.41, 5.74) is 1.92. The lowest BCUT2D eigenvalue weighted by molar-refractivity contribution is -0.122. The van der Waals surface area contributed by atoms with Gasteiger partial charge < -0.3 is 10.1 Å². The maximum Gasteiger partial charge on any atom is 0.265 e. The number of nitrogens with one attached hydrogen (secondary N) is 1. The Morgan fingerprint density at radius 2 is 2.00 bits per heavy atom. The van der Waals surface area contributed by atoms with Crippen molar-refractivity contribution in [2.24, 2.45) is 0 Å². The van der Waals surface area contributed by atoms with Gasteiger partial charge in [-0.3, -0.25) is 4.79 Å². The van der Waals surface area contributed by atoms with Gasteiger partial charge in [0.1, 0.15) is 5.75 Å². The maximum atomic E-state index is 12.2. The number of halogens is 1. The molecule has 0 aromatic heterocycles. The molecule has 2 aromatic rings. The van der Waals surface area contributed by atoms with Gasteiger partial charge in [0, 0.05) is 10.7 Å². The van der Waals surface area contributed by atoms with Crippen LogP contribution in [0.4, 0.5) is 5.69 Å². The van der Waals surface area contributed by atoms with Crippen molar-refractivity contribution in [3.8, 4) is 5.75 Å². The lowest BCUT2D eigenvalue weighted by atomic mass is 10.1. The average Bonchev–Trinajstić information content (AvgIpc) is 2.47. The molecule has 0 saturated heterocycles. The van der Waals surface area contributed by atoms with Gasteiger partial charge in [0.05, 0.1) is 0 Å². The molecule has 0 bridgehead atoms. The van der Waals surface area contributed by atoms with Gasteiger partial charge in [-0.1, -0.05) is 42.8 Å². The van der Waals surface area contributed by atoms with Crippen LogP contribution < -0.4 is 10.1 Å². The van der Waals surface area contributed by atoms with Gasteiger partial charge in [0.15, 0.2) is 6.10 Å². The van der Waals surface area contributed by atoms with Crippen LogP contribution in [0.3, 0.4) is 0 Å². The van der Waals surface area contributed by atoms with Crippen LogP contribution in [0.5, 0.6) is 5.75 Å². The Morgan fingerprint density at radius 1 is 1.24 bits per heavy atom. The molecule has 0 unspecified atom stereocenters. The highest BCUT2D eigenvalue weighted by atomic mass is 35.5. The minimum atomic E-state index is -0.603. The van der Waals surface area contributed by atoms with Gasteiger partial charge in [-0.15, -0.1) is 0 Å².